The van der Waals surface area contributed by atoms with Crippen LogP contribution in [0.1, 0.15) is 36.5 Å². The Bertz CT molecular complexity index is 580. The molecule has 1 aliphatic rings. The van der Waals surface area contributed by atoms with E-state index < -0.39 is 5.97 Å². The van der Waals surface area contributed by atoms with Crippen LogP contribution in [0.2, 0.25) is 0 Å². The van der Waals surface area contributed by atoms with E-state index in [1.807, 2.05) is 31.7 Å². The number of nitrogens with one attached hydrogen (secondary N) is 1. The molecule has 23 heavy (non-hydrogen) atoms. The van der Waals surface area contributed by atoms with Gasteiger partial charge in [-0.3, -0.25) is 14.5 Å². The zero-order chi connectivity index (χ0) is 17.0. The summed E-state index contributed by atoms with van der Waals surface area (Å²) in [6.07, 6.45) is 2.07. The molecule has 0 aromatic heterocycles. The minimum absolute atomic E-state index is 0.0448. The van der Waals surface area contributed by atoms with Crippen molar-refractivity contribution in [3.63, 3.8) is 0 Å². The lowest BCUT2D eigenvalue weighted by Crippen LogP contribution is -2.55. The van der Waals surface area contributed by atoms with Gasteiger partial charge in [-0.2, -0.15) is 0 Å². The molecule has 5 heteroatoms. The van der Waals surface area contributed by atoms with Crippen molar-refractivity contribution in [1.82, 2.24) is 10.2 Å². The highest BCUT2D eigenvalue weighted by Gasteiger charge is 2.34. The number of hydrogen-bond donors (Lipinski definition) is 2. The lowest BCUT2D eigenvalue weighted by atomic mass is 9.85. The molecule has 1 aliphatic carbocycles. The van der Waals surface area contributed by atoms with Gasteiger partial charge >= 0.3 is 5.97 Å². The Morgan fingerprint density at radius 1 is 1.30 bits per heavy atom. The molecule has 0 saturated heterocycles. The number of rotatable bonds is 7. The van der Waals surface area contributed by atoms with E-state index in [-0.39, 0.29) is 24.5 Å². The van der Waals surface area contributed by atoms with E-state index in [4.69, 9.17) is 5.11 Å². The Labute approximate surface area is 137 Å². The summed E-state index contributed by atoms with van der Waals surface area (Å²) in [5, 5.41) is 12.0. The first-order valence-electron chi connectivity index (χ1n) is 8.20. The van der Waals surface area contributed by atoms with Crippen molar-refractivity contribution in [3.05, 3.63) is 34.9 Å². The fourth-order valence-corrected chi connectivity index (χ4v) is 3.12. The summed E-state index contributed by atoms with van der Waals surface area (Å²) < 4.78 is 0. The number of likely N-dealkylation sites (N-methyl/N-ethyl adjacent to an activating group) is 1. The number of carboxylic acid groups (broad SMARTS) is 1. The van der Waals surface area contributed by atoms with Gasteiger partial charge in [0.25, 0.3) is 0 Å². The van der Waals surface area contributed by atoms with Gasteiger partial charge in [-0.15, -0.1) is 0 Å². The second-order valence-electron chi connectivity index (χ2n) is 6.45. The smallest absolute Gasteiger partial charge is 0.317 e. The number of carbonyl (C=O) groups is 2. The Morgan fingerprint density at radius 2 is 2.00 bits per heavy atom. The first kappa shape index (κ1) is 17.5. The molecule has 0 heterocycles. The zero-order valence-electron chi connectivity index (χ0n) is 14.1. The van der Waals surface area contributed by atoms with Gasteiger partial charge in [-0.05, 0) is 44.4 Å². The average Bonchev–Trinajstić information content (AvgIpc) is 2.44. The molecule has 0 unspecified atom stereocenters. The van der Waals surface area contributed by atoms with Crippen molar-refractivity contribution in [3.8, 4) is 0 Å². The van der Waals surface area contributed by atoms with E-state index in [0.29, 0.717) is 6.42 Å². The highest BCUT2D eigenvalue weighted by Crippen LogP contribution is 2.25. The third-order valence-electron chi connectivity index (χ3n) is 4.59. The van der Waals surface area contributed by atoms with Gasteiger partial charge in [0.15, 0.2) is 0 Å². The molecule has 1 saturated carbocycles. The fourth-order valence-electron chi connectivity index (χ4n) is 3.12. The number of hydrogen-bond acceptors (Lipinski definition) is 3. The number of aliphatic carboxylic acids is 1. The number of nitrogens with zero attached hydrogens (tertiary/aromatic N) is 1. The van der Waals surface area contributed by atoms with Gasteiger partial charge in [0.2, 0.25) is 5.91 Å². The van der Waals surface area contributed by atoms with E-state index in [1.54, 1.807) is 0 Å². The maximum atomic E-state index is 12.2. The molecule has 2 N–H and O–H groups in total. The summed E-state index contributed by atoms with van der Waals surface area (Å²) in [6, 6.07) is 6.59. The topological polar surface area (TPSA) is 69.6 Å². The molecule has 126 valence electrons. The van der Waals surface area contributed by atoms with Crippen LogP contribution in [0.3, 0.4) is 0 Å². The molecule has 2 rings (SSSR count). The van der Waals surface area contributed by atoms with Crippen LogP contribution in [0, 0.1) is 13.8 Å². The molecular formula is C18H26N2O3. The van der Waals surface area contributed by atoms with E-state index >= 15 is 0 Å². The number of aryl methyl sites for hydroxylation is 2. The van der Waals surface area contributed by atoms with Crippen LogP contribution in [-0.4, -0.2) is 47.1 Å². The van der Waals surface area contributed by atoms with Gasteiger partial charge in [0.1, 0.15) is 0 Å². The van der Waals surface area contributed by atoms with Crippen molar-refractivity contribution in [1.29, 1.82) is 0 Å². The average molecular weight is 318 g/mol. The zero-order valence-corrected chi connectivity index (χ0v) is 14.1. The van der Waals surface area contributed by atoms with E-state index in [9.17, 15) is 9.59 Å². The van der Waals surface area contributed by atoms with Crippen LogP contribution in [0.15, 0.2) is 18.2 Å². The number of amides is 1. The summed E-state index contributed by atoms with van der Waals surface area (Å²) in [4.78, 5) is 25.0. The van der Waals surface area contributed by atoms with Crippen molar-refractivity contribution < 1.29 is 14.7 Å². The Hall–Kier alpha value is -1.88. The maximum Gasteiger partial charge on any atom is 0.317 e. The first-order valence-corrected chi connectivity index (χ1v) is 8.20. The molecule has 0 atom stereocenters. The summed E-state index contributed by atoms with van der Waals surface area (Å²) in [5.41, 5.74) is 3.37. The van der Waals surface area contributed by atoms with Crippen LogP contribution in [0.5, 0.6) is 0 Å². The van der Waals surface area contributed by atoms with E-state index in [0.717, 1.165) is 36.1 Å². The normalized spacial score (nSPS) is 20.2. The quantitative estimate of drug-likeness (QED) is 0.805. The second-order valence-corrected chi connectivity index (χ2v) is 6.45. The first-order chi connectivity index (χ1) is 10.9. The number of carboxylic acids is 1. The number of benzene rings is 1. The maximum absolute atomic E-state index is 12.2. The highest BCUT2D eigenvalue weighted by molar-refractivity contribution is 5.79. The second kappa shape index (κ2) is 7.59. The van der Waals surface area contributed by atoms with Crippen LogP contribution in [0.4, 0.5) is 0 Å². The van der Waals surface area contributed by atoms with Crippen LogP contribution in [0.25, 0.3) is 0 Å². The molecule has 1 aromatic rings. The third-order valence-corrected chi connectivity index (χ3v) is 4.59. The largest absolute Gasteiger partial charge is 0.480 e. The predicted molar refractivity (Wildman–Crippen MR) is 89.5 cm³/mol. The van der Waals surface area contributed by atoms with Crippen LogP contribution in [-0.2, 0) is 16.0 Å². The summed E-state index contributed by atoms with van der Waals surface area (Å²) in [5.74, 6) is -0.752. The van der Waals surface area contributed by atoms with Crippen LogP contribution < -0.4 is 5.32 Å². The molecule has 0 radical (unpaired) electrons. The lowest BCUT2D eigenvalue weighted by molar-refractivity contribution is -0.139. The van der Waals surface area contributed by atoms with E-state index in [1.165, 1.54) is 0 Å². The Kier molecular flexibility index (Phi) is 5.77. The van der Waals surface area contributed by atoms with Gasteiger partial charge in [0.05, 0.1) is 13.0 Å². The molecular weight excluding hydrogens is 292 g/mol. The van der Waals surface area contributed by atoms with Crippen LogP contribution >= 0.6 is 0 Å². The molecule has 0 spiro atoms. The predicted octanol–water partition coefficient (Wildman–Crippen LogP) is 1.90. The SMILES string of the molecule is CCN(CC(=O)O)C1CC(NC(=O)Cc2cc(C)ccc2C)C1. The van der Waals surface area contributed by atoms with Gasteiger partial charge in [-0.1, -0.05) is 30.7 Å². The third kappa shape index (κ3) is 4.79. The standard InChI is InChI=1S/C18H26N2O3/c1-4-20(11-18(22)23)16-9-15(10-16)19-17(21)8-14-7-12(2)5-6-13(14)3/h5-7,15-16H,4,8-11H2,1-3H3,(H,19,21)(H,22,23). The molecule has 1 aromatic carbocycles. The molecule has 5 nitrogen and oxygen atoms in total. The molecule has 1 amide bonds. The fraction of sp³-hybridized carbons (Fsp3) is 0.556. The summed E-state index contributed by atoms with van der Waals surface area (Å²) >= 11 is 0. The monoisotopic (exact) mass is 318 g/mol. The summed E-state index contributed by atoms with van der Waals surface area (Å²) in [7, 11) is 0. The molecule has 1 fully saturated rings. The summed E-state index contributed by atoms with van der Waals surface area (Å²) in [6.45, 7) is 6.81. The highest BCUT2D eigenvalue weighted by atomic mass is 16.4. The Balaban J connectivity index is 1.80. The lowest BCUT2D eigenvalue weighted by Gasteiger charge is -2.42. The van der Waals surface area contributed by atoms with Gasteiger partial charge < -0.3 is 10.4 Å². The van der Waals surface area contributed by atoms with Crippen molar-refractivity contribution in [2.45, 2.75) is 52.1 Å². The minimum Gasteiger partial charge on any atom is -0.480 e. The van der Waals surface area contributed by atoms with Crippen molar-refractivity contribution in [2.24, 2.45) is 0 Å². The Morgan fingerprint density at radius 3 is 2.61 bits per heavy atom. The molecule has 0 bridgehead atoms. The van der Waals surface area contributed by atoms with Crippen molar-refractivity contribution in [2.75, 3.05) is 13.1 Å². The molecule has 0 aliphatic heterocycles. The van der Waals surface area contributed by atoms with Crippen molar-refractivity contribution >= 4 is 11.9 Å². The minimum atomic E-state index is -0.797. The van der Waals surface area contributed by atoms with E-state index in [2.05, 4.69) is 17.4 Å². The number of carbonyl (C=O) groups excluding carboxylic acids is 1. The van der Waals surface area contributed by atoms with Gasteiger partial charge in [0, 0.05) is 12.1 Å². The van der Waals surface area contributed by atoms with Gasteiger partial charge in [-0.25, -0.2) is 0 Å².